The van der Waals surface area contributed by atoms with Crippen LogP contribution in [-0.4, -0.2) is 88.1 Å². The van der Waals surface area contributed by atoms with Gasteiger partial charge in [-0.3, -0.25) is 9.59 Å². The molecule has 15 heteroatoms. The summed E-state index contributed by atoms with van der Waals surface area (Å²) in [5, 5.41) is 0. The topological polar surface area (TPSA) is 154 Å². The standard InChI is InChI=1S/C43H48O15/c1-21(44)55-35-19-27-29(48-5)20-30-37(40(27)58-38(35)23-14-31(49-6)41(53-10)32(15-23)50-7)36(26-13-12-25(46-3)18-28(26)47-4)43(56-22(2)45)39(57-30)24-16-33(51-8)42(54-11)34(17-24)52-9/h12-18,20,35-36,38-39,43H,19H2,1-11H3. The van der Waals surface area contributed by atoms with Crippen LogP contribution in [0.4, 0.5) is 0 Å². The molecule has 2 aliphatic rings. The Bertz CT molecular complexity index is 2110. The molecule has 6 rings (SSSR count). The van der Waals surface area contributed by atoms with Crippen LogP contribution < -0.4 is 52.1 Å². The molecule has 2 aliphatic heterocycles. The van der Waals surface area contributed by atoms with E-state index in [2.05, 4.69) is 0 Å². The molecule has 0 spiro atoms. The maximum absolute atomic E-state index is 13.2. The summed E-state index contributed by atoms with van der Waals surface area (Å²) in [5.74, 6) is 2.41. The number of methoxy groups -OCH3 is 9. The second kappa shape index (κ2) is 17.4. The Morgan fingerprint density at radius 3 is 1.53 bits per heavy atom. The van der Waals surface area contributed by atoms with E-state index in [9.17, 15) is 9.59 Å². The third-order valence-electron chi connectivity index (χ3n) is 10.2. The minimum absolute atomic E-state index is 0.160. The SMILES string of the molecule is COc1ccc(C2c3c(cc(OC)c4c3OC(c3cc(OC)c(OC)c(OC)c3)C(OC(C)=O)C4)OC(c3cc(OC)c(OC)c(OC)c3)C2OC(C)=O)c(OC)c1. The highest BCUT2D eigenvalue weighted by Crippen LogP contribution is 2.58. The Kier molecular flexibility index (Phi) is 12.4. The van der Waals surface area contributed by atoms with Crippen LogP contribution in [0.3, 0.4) is 0 Å². The zero-order valence-electron chi connectivity index (χ0n) is 34.3. The van der Waals surface area contributed by atoms with E-state index in [-0.39, 0.29) is 6.42 Å². The number of carbonyl (C=O) groups is 2. The fourth-order valence-electron chi connectivity index (χ4n) is 7.74. The van der Waals surface area contributed by atoms with Crippen LogP contribution in [0.15, 0.2) is 48.5 Å². The van der Waals surface area contributed by atoms with Gasteiger partial charge < -0.3 is 61.6 Å². The highest BCUT2D eigenvalue weighted by atomic mass is 16.6. The number of hydrogen-bond donors (Lipinski definition) is 0. The van der Waals surface area contributed by atoms with Gasteiger partial charge in [0.1, 0.15) is 34.9 Å². The maximum Gasteiger partial charge on any atom is 0.303 e. The summed E-state index contributed by atoms with van der Waals surface area (Å²) in [4.78, 5) is 25.8. The lowest BCUT2D eigenvalue weighted by molar-refractivity contribution is -0.154. The first kappa shape index (κ1) is 41.3. The first-order chi connectivity index (χ1) is 28.0. The molecular weight excluding hydrogens is 756 g/mol. The summed E-state index contributed by atoms with van der Waals surface area (Å²) in [5.41, 5.74) is 2.84. The third kappa shape index (κ3) is 7.55. The van der Waals surface area contributed by atoms with Crippen molar-refractivity contribution in [3.05, 3.63) is 76.3 Å². The number of rotatable bonds is 14. The van der Waals surface area contributed by atoms with Gasteiger partial charge in [-0.05, 0) is 30.3 Å². The van der Waals surface area contributed by atoms with E-state index < -0.39 is 42.3 Å². The Balaban J connectivity index is 1.68. The first-order valence-electron chi connectivity index (χ1n) is 18.2. The molecule has 2 heterocycles. The van der Waals surface area contributed by atoms with Crippen molar-refractivity contribution in [1.29, 1.82) is 0 Å². The van der Waals surface area contributed by atoms with Gasteiger partial charge in [0.2, 0.25) is 11.5 Å². The van der Waals surface area contributed by atoms with Crippen molar-refractivity contribution < 1.29 is 71.2 Å². The molecule has 5 unspecified atom stereocenters. The highest BCUT2D eigenvalue weighted by Gasteiger charge is 2.49. The summed E-state index contributed by atoms with van der Waals surface area (Å²) in [6.45, 7) is 2.66. The van der Waals surface area contributed by atoms with E-state index in [1.54, 1.807) is 56.7 Å². The fourth-order valence-corrected chi connectivity index (χ4v) is 7.74. The van der Waals surface area contributed by atoms with Crippen LogP contribution in [0.1, 0.15) is 59.8 Å². The van der Waals surface area contributed by atoms with Crippen LogP contribution in [0.25, 0.3) is 0 Å². The number of hydrogen-bond acceptors (Lipinski definition) is 15. The Hall–Kier alpha value is -6.38. The van der Waals surface area contributed by atoms with Crippen LogP contribution in [-0.2, 0) is 25.5 Å². The molecule has 0 fully saturated rings. The van der Waals surface area contributed by atoms with Crippen molar-refractivity contribution in [2.24, 2.45) is 0 Å². The predicted octanol–water partition coefficient (Wildman–Crippen LogP) is 6.57. The van der Waals surface area contributed by atoms with Crippen molar-refractivity contribution >= 4 is 11.9 Å². The summed E-state index contributed by atoms with van der Waals surface area (Å²) in [7, 11) is 13.7. The van der Waals surface area contributed by atoms with Crippen LogP contribution in [0.2, 0.25) is 0 Å². The minimum atomic E-state index is -1.05. The fraction of sp³-hybridized carbons (Fsp3) is 0.395. The van der Waals surface area contributed by atoms with Crippen molar-refractivity contribution in [3.8, 4) is 63.2 Å². The lowest BCUT2D eigenvalue weighted by Crippen LogP contribution is -2.40. The molecule has 58 heavy (non-hydrogen) atoms. The summed E-state index contributed by atoms with van der Waals surface area (Å²) in [6, 6.07) is 14.1. The van der Waals surface area contributed by atoms with E-state index in [1.165, 1.54) is 63.6 Å². The van der Waals surface area contributed by atoms with Crippen LogP contribution in [0, 0.1) is 0 Å². The van der Waals surface area contributed by atoms with Gasteiger partial charge in [-0.25, -0.2) is 0 Å². The van der Waals surface area contributed by atoms with Crippen molar-refractivity contribution in [2.75, 3.05) is 64.0 Å². The molecule has 15 nitrogen and oxygen atoms in total. The molecule has 0 N–H and O–H groups in total. The molecule has 0 radical (unpaired) electrons. The first-order valence-corrected chi connectivity index (χ1v) is 18.2. The Morgan fingerprint density at radius 2 is 1.07 bits per heavy atom. The molecule has 0 aliphatic carbocycles. The van der Waals surface area contributed by atoms with E-state index in [4.69, 9.17) is 61.6 Å². The molecule has 0 amide bonds. The molecule has 0 saturated heterocycles. The summed E-state index contributed by atoms with van der Waals surface area (Å²) < 4.78 is 77.8. The van der Waals surface area contributed by atoms with Gasteiger partial charge in [0.05, 0.1) is 69.9 Å². The van der Waals surface area contributed by atoms with Crippen LogP contribution >= 0.6 is 0 Å². The molecule has 310 valence electrons. The number of esters is 2. The van der Waals surface area contributed by atoms with Gasteiger partial charge >= 0.3 is 11.9 Å². The molecule has 4 aromatic carbocycles. The molecule has 0 bridgehead atoms. The second-order valence-electron chi connectivity index (χ2n) is 13.3. The molecule has 4 aromatic rings. The zero-order chi connectivity index (χ0) is 41.8. The van der Waals surface area contributed by atoms with Crippen LogP contribution in [0.5, 0.6) is 63.2 Å². The van der Waals surface area contributed by atoms with Gasteiger partial charge in [0.25, 0.3) is 0 Å². The quantitative estimate of drug-likeness (QED) is 0.126. The van der Waals surface area contributed by atoms with Gasteiger partial charge in [-0.2, -0.15) is 0 Å². The van der Waals surface area contributed by atoms with Crippen molar-refractivity contribution in [1.82, 2.24) is 0 Å². The minimum Gasteiger partial charge on any atom is -0.497 e. The molecule has 0 saturated carbocycles. The lowest BCUT2D eigenvalue weighted by atomic mass is 9.77. The van der Waals surface area contributed by atoms with Gasteiger partial charge in [0, 0.05) is 60.2 Å². The van der Waals surface area contributed by atoms with E-state index in [0.717, 1.165) is 0 Å². The Morgan fingerprint density at radius 1 is 0.552 bits per heavy atom. The largest absolute Gasteiger partial charge is 0.497 e. The molecule has 0 aromatic heterocycles. The second-order valence-corrected chi connectivity index (χ2v) is 13.3. The summed E-state index contributed by atoms with van der Waals surface area (Å²) in [6.07, 6.45) is -3.61. The zero-order valence-corrected chi connectivity index (χ0v) is 34.3. The normalized spacial score (nSPS) is 19.1. The Labute approximate surface area is 336 Å². The number of carbonyl (C=O) groups excluding carboxylic acids is 2. The monoisotopic (exact) mass is 804 g/mol. The highest BCUT2D eigenvalue weighted by molar-refractivity contribution is 5.70. The molecule has 5 atom stereocenters. The lowest BCUT2D eigenvalue weighted by Gasteiger charge is -2.43. The number of ether oxygens (including phenoxy) is 13. The van der Waals surface area contributed by atoms with Crippen molar-refractivity contribution in [2.45, 2.75) is 50.6 Å². The van der Waals surface area contributed by atoms with E-state index >= 15 is 0 Å². The summed E-state index contributed by atoms with van der Waals surface area (Å²) >= 11 is 0. The van der Waals surface area contributed by atoms with Gasteiger partial charge in [-0.15, -0.1) is 0 Å². The van der Waals surface area contributed by atoms with E-state index in [0.29, 0.717) is 91.1 Å². The van der Waals surface area contributed by atoms with Gasteiger partial charge in [0.15, 0.2) is 41.3 Å². The van der Waals surface area contributed by atoms with E-state index in [1.807, 2.05) is 6.07 Å². The number of fused-ring (bicyclic) bond motifs is 3. The van der Waals surface area contributed by atoms with Crippen molar-refractivity contribution in [3.63, 3.8) is 0 Å². The predicted molar refractivity (Wildman–Crippen MR) is 208 cm³/mol. The third-order valence-corrected chi connectivity index (χ3v) is 10.2. The smallest absolute Gasteiger partial charge is 0.303 e. The average Bonchev–Trinajstić information content (AvgIpc) is 3.23. The average molecular weight is 805 g/mol. The molecular formula is C43H48O15. The van der Waals surface area contributed by atoms with Gasteiger partial charge in [-0.1, -0.05) is 6.07 Å². The maximum atomic E-state index is 13.2. The number of benzene rings is 4.